The van der Waals surface area contributed by atoms with Gasteiger partial charge in [-0.2, -0.15) is 0 Å². The fourth-order valence-corrected chi connectivity index (χ4v) is 4.19. The number of fused-ring (bicyclic) bond motifs is 1. The maximum Gasteiger partial charge on any atom is 0.161 e. The molecule has 6 nitrogen and oxygen atoms in total. The van der Waals surface area contributed by atoms with Gasteiger partial charge in [-0.1, -0.05) is 35.9 Å². The van der Waals surface area contributed by atoms with Crippen molar-refractivity contribution in [1.29, 1.82) is 0 Å². The van der Waals surface area contributed by atoms with Gasteiger partial charge in [-0.3, -0.25) is 4.79 Å². The van der Waals surface area contributed by atoms with Gasteiger partial charge < -0.3 is 23.8 Å². The monoisotopic (exact) mass is 495 g/mol. The molecule has 1 aliphatic heterocycles. The Bertz CT molecular complexity index is 1190. The molecule has 0 aliphatic carbocycles. The van der Waals surface area contributed by atoms with Crippen LogP contribution >= 0.6 is 11.6 Å². The molecule has 0 radical (unpaired) electrons. The third-order valence-electron chi connectivity index (χ3n) is 5.88. The molecule has 3 aromatic rings. The van der Waals surface area contributed by atoms with E-state index in [0.29, 0.717) is 48.5 Å². The predicted molar refractivity (Wildman–Crippen MR) is 137 cm³/mol. The quantitative estimate of drug-likeness (QED) is 0.261. The van der Waals surface area contributed by atoms with Crippen molar-refractivity contribution in [2.45, 2.75) is 20.0 Å². The van der Waals surface area contributed by atoms with Crippen LogP contribution in [-0.2, 0) is 6.61 Å². The van der Waals surface area contributed by atoms with Gasteiger partial charge in [0.2, 0.25) is 0 Å². The number of halogens is 1. The Morgan fingerprint density at radius 2 is 1.80 bits per heavy atom. The van der Waals surface area contributed by atoms with Crippen molar-refractivity contribution in [3.8, 4) is 34.1 Å². The lowest BCUT2D eigenvalue weighted by Gasteiger charge is -2.20. The zero-order valence-electron chi connectivity index (χ0n) is 20.3. The standard InChI is InChI=1S/C28H30ClNO5/c1-19-21(6-4-7-23(19)20-8-9-25-28(15-20)34-13-12-33-25)18-35-27-16-26(22(17-31)14-24(27)29)32-11-5-10-30(2)3/h4,6-9,14-17H,5,10-13,18H2,1-3H3. The van der Waals surface area contributed by atoms with Crippen LogP contribution in [0.15, 0.2) is 48.5 Å². The highest BCUT2D eigenvalue weighted by Crippen LogP contribution is 2.37. The van der Waals surface area contributed by atoms with E-state index in [2.05, 4.69) is 17.9 Å². The summed E-state index contributed by atoms with van der Waals surface area (Å²) < 4.78 is 23.3. The first-order chi connectivity index (χ1) is 17.0. The molecule has 0 fully saturated rings. The second-order valence-electron chi connectivity index (χ2n) is 8.68. The van der Waals surface area contributed by atoms with Gasteiger partial charge in [0.1, 0.15) is 31.3 Å². The first-order valence-electron chi connectivity index (χ1n) is 11.6. The van der Waals surface area contributed by atoms with Gasteiger partial charge in [-0.25, -0.2) is 0 Å². The summed E-state index contributed by atoms with van der Waals surface area (Å²) in [6, 6.07) is 15.4. The molecule has 0 saturated heterocycles. The Labute approximate surface area is 211 Å². The summed E-state index contributed by atoms with van der Waals surface area (Å²) in [7, 11) is 4.02. The Kier molecular flexibility index (Phi) is 8.16. The molecule has 1 heterocycles. The predicted octanol–water partition coefficient (Wildman–Crippen LogP) is 5.81. The average Bonchev–Trinajstić information content (AvgIpc) is 2.86. The van der Waals surface area contributed by atoms with Gasteiger partial charge in [-0.15, -0.1) is 0 Å². The summed E-state index contributed by atoms with van der Waals surface area (Å²) in [5.74, 6) is 2.48. The Balaban J connectivity index is 1.50. The molecule has 0 N–H and O–H groups in total. The zero-order chi connectivity index (χ0) is 24.8. The fraction of sp³-hybridized carbons (Fsp3) is 0.321. The third kappa shape index (κ3) is 6.08. The number of ether oxygens (including phenoxy) is 4. The zero-order valence-corrected chi connectivity index (χ0v) is 21.1. The molecule has 0 unspecified atom stereocenters. The molecule has 0 bridgehead atoms. The minimum absolute atomic E-state index is 0.324. The van der Waals surface area contributed by atoms with Crippen LogP contribution in [0.1, 0.15) is 27.9 Å². The summed E-state index contributed by atoms with van der Waals surface area (Å²) in [5.41, 5.74) is 4.68. The van der Waals surface area contributed by atoms with Gasteiger partial charge in [-0.05, 0) is 67.9 Å². The smallest absolute Gasteiger partial charge is 0.161 e. The summed E-state index contributed by atoms with van der Waals surface area (Å²) in [4.78, 5) is 13.6. The molecule has 0 atom stereocenters. The van der Waals surface area contributed by atoms with Gasteiger partial charge >= 0.3 is 0 Å². The number of carbonyl (C=O) groups is 1. The Morgan fingerprint density at radius 3 is 2.57 bits per heavy atom. The fourth-order valence-electron chi connectivity index (χ4n) is 3.96. The lowest BCUT2D eigenvalue weighted by atomic mass is 9.96. The number of rotatable bonds is 10. The molecule has 184 valence electrons. The number of nitrogens with zero attached hydrogens (tertiary/aromatic N) is 1. The van der Waals surface area contributed by atoms with E-state index in [1.165, 1.54) is 0 Å². The molecular formula is C28H30ClNO5. The molecule has 3 aromatic carbocycles. The van der Waals surface area contributed by atoms with Gasteiger partial charge in [0, 0.05) is 12.6 Å². The summed E-state index contributed by atoms with van der Waals surface area (Å²) in [6.45, 7) is 4.90. The molecular weight excluding hydrogens is 466 g/mol. The molecule has 4 rings (SSSR count). The lowest BCUT2D eigenvalue weighted by Crippen LogP contribution is -2.15. The van der Waals surface area contributed by atoms with Crippen molar-refractivity contribution >= 4 is 17.9 Å². The maximum absolute atomic E-state index is 11.5. The van der Waals surface area contributed by atoms with Crippen LogP contribution < -0.4 is 18.9 Å². The van der Waals surface area contributed by atoms with E-state index >= 15 is 0 Å². The number of hydrogen-bond donors (Lipinski definition) is 0. The molecule has 7 heteroatoms. The first kappa shape index (κ1) is 24.9. The van der Waals surface area contributed by atoms with Gasteiger partial charge in [0.15, 0.2) is 17.8 Å². The highest BCUT2D eigenvalue weighted by atomic mass is 35.5. The minimum atomic E-state index is 0.324. The van der Waals surface area contributed by atoms with Crippen LogP contribution in [0.4, 0.5) is 0 Å². The molecule has 0 amide bonds. The van der Waals surface area contributed by atoms with E-state index in [4.69, 9.17) is 30.5 Å². The Hall–Kier alpha value is -3.22. The van der Waals surface area contributed by atoms with E-state index in [1.54, 1.807) is 12.1 Å². The van der Waals surface area contributed by atoms with Gasteiger partial charge in [0.25, 0.3) is 0 Å². The minimum Gasteiger partial charge on any atom is -0.493 e. The maximum atomic E-state index is 11.5. The second-order valence-corrected chi connectivity index (χ2v) is 9.09. The van der Waals surface area contributed by atoms with Crippen molar-refractivity contribution in [1.82, 2.24) is 4.90 Å². The number of hydrogen-bond acceptors (Lipinski definition) is 6. The lowest BCUT2D eigenvalue weighted by molar-refractivity contribution is 0.111. The first-order valence-corrected chi connectivity index (χ1v) is 12.0. The largest absolute Gasteiger partial charge is 0.493 e. The van der Waals surface area contributed by atoms with Crippen molar-refractivity contribution in [3.63, 3.8) is 0 Å². The van der Waals surface area contributed by atoms with Crippen LogP contribution in [0.2, 0.25) is 5.02 Å². The second kappa shape index (κ2) is 11.5. The SMILES string of the molecule is Cc1c(COc2cc(OCCCN(C)C)c(C=O)cc2Cl)cccc1-c1ccc2c(c1)OCCO2. The molecule has 0 spiro atoms. The summed E-state index contributed by atoms with van der Waals surface area (Å²) >= 11 is 6.41. The van der Waals surface area contributed by atoms with Crippen LogP contribution in [0.5, 0.6) is 23.0 Å². The van der Waals surface area contributed by atoms with E-state index in [1.807, 2.05) is 44.4 Å². The van der Waals surface area contributed by atoms with Crippen LogP contribution in [-0.4, -0.2) is 51.6 Å². The number of carbonyl (C=O) groups excluding carboxylic acids is 1. The van der Waals surface area contributed by atoms with Crippen LogP contribution in [0, 0.1) is 6.92 Å². The molecule has 1 aliphatic rings. The van der Waals surface area contributed by atoms with Gasteiger partial charge in [0.05, 0.1) is 17.2 Å². The number of benzene rings is 3. The summed E-state index contributed by atoms with van der Waals surface area (Å²) in [5, 5.41) is 0.369. The van der Waals surface area contributed by atoms with Crippen molar-refractivity contribution in [2.24, 2.45) is 0 Å². The highest BCUT2D eigenvalue weighted by Gasteiger charge is 2.15. The normalized spacial score (nSPS) is 12.5. The van der Waals surface area contributed by atoms with E-state index in [9.17, 15) is 4.79 Å². The topological polar surface area (TPSA) is 57.2 Å². The van der Waals surface area contributed by atoms with E-state index < -0.39 is 0 Å². The Morgan fingerprint density at radius 1 is 1.00 bits per heavy atom. The summed E-state index contributed by atoms with van der Waals surface area (Å²) in [6.07, 6.45) is 1.59. The number of aldehydes is 1. The molecule has 0 aromatic heterocycles. The van der Waals surface area contributed by atoms with Crippen LogP contribution in [0.25, 0.3) is 11.1 Å². The highest BCUT2D eigenvalue weighted by molar-refractivity contribution is 6.32. The molecule has 35 heavy (non-hydrogen) atoms. The van der Waals surface area contributed by atoms with Crippen LogP contribution in [0.3, 0.4) is 0 Å². The average molecular weight is 496 g/mol. The third-order valence-corrected chi connectivity index (χ3v) is 6.18. The van der Waals surface area contributed by atoms with Crippen molar-refractivity contribution in [2.75, 3.05) is 40.5 Å². The van der Waals surface area contributed by atoms with Crippen molar-refractivity contribution in [3.05, 3.63) is 70.2 Å². The van der Waals surface area contributed by atoms with E-state index in [-0.39, 0.29) is 0 Å². The van der Waals surface area contributed by atoms with E-state index in [0.717, 1.165) is 53.0 Å². The van der Waals surface area contributed by atoms with Crippen molar-refractivity contribution < 1.29 is 23.7 Å². The molecule has 0 saturated carbocycles.